The smallest absolute Gasteiger partial charge is 0.306 e. The highest BCUT2D eigenvalue weighted by molar-refractivity contribution is 8.19. The number of hydrogen-bond acceptors (Lipinski definition) is 6. The van der Waals surface area contributed by atoms with E-state index >= 15 is 0 Å². The highest BCUT2D eigenvalue weighted by Crippen LogP contribution is 2.37. The minimum absolute atomic E-state index is 0.0146. The van der Waals surface area contributed by atoms with Gasteiger partial charge in [0, 0.05) is 0 Å². The second-order valence-electron chi connectivity index (χ2n) is 6.44. The summed E-state index contributed by atoms with van der Waals surface area (Å²) < 4.78 is 10.7. The average molecular weight is 427 g/mol. The number of carbonyl (C=O) groups excluding carboxylic acids is 2. The third kappa shape index (κ3) is 4.83. The summed E-state index contributed by atoms with van der Waals surface area (Å²) in [5.41, 5.74) is 2.32. The van der Waals surface area contributed by atoms with Crippen LogP contribution in [0.15, 0.2) is 47.4 Å². The maximum absolute atomic E-state index is 12.8. The standard InChI is InChI=1S/C22H21NO6S/c1-3-14-4-7-16(8-5-14)23-21(26)19(30-22(23)27)13-15-6-9-17(18(12-15)28-2)29-11-10-20(24)25/h4-9,12-13H,3,10-11H2,1-2H3,(H,24,25)/b19-13+. The van der Waals surface area contributed by atoms with E-state index in [-0.39, 0.29) is 24.2 Å². The molecule has 156 valence electrons. The Morgan fingerprint density at radius 3 is 2.50 bits per heavy atom. The van der Waals surface area contributed by atoms with Crippen LogP contribution in [-0.4, -0.2) is 35.9 Å². The number of methoxy groups -OCH3 is 1. The molecule has 7 nitrogen and oxygen atoms in total. The number of rotatable bonds is 8. The normalized spacial score (nSPS) is 15.0. The van der Waals surface area contributed by atoms with Crippen LogP contribution in [-0.2, 0) is 16.0 Å². The molecule has 2 aromatic rings. The van der Waals surface area contributed by atoms with Crippen LogP contribution in [0.3, 0.4) is 0 Å². The van der Waals surface area contributed by atoms with E-state index in [0.717, 1.165) is 28.6 Å². The number of ether oxygens (including phenoxy) is 2. The Kier molecular flexibility index (Phi) is 6.79. The van der Waals surface area contributed by atoms with Gasteiger partial charge in [0.25, 0.3) is 11.1 Å². The number of amides is 2. The summed E-state index contributed by atoms with van der Waals surface area (Å²) in [7, 11) is 1.47. The molecule has 0 aromatic heterocycles. The fourth-order valence-electron chi connectivity index (χ4n) is 2.86. The Morgan fingerprint density at radius 2 is 1.87 bits per heavy atom. The summed E-state index contributed by atoms with van der Waals surface area (Å²) in [5, 5.41) is 8.36. The first-order valence-corrected chi connectivity index (χ1v) is 10.1. The van der Waals surface area contributed by atoms with Crippen molar-refractivity contribution in [3.63, 3.8) is 0 Å². The van der Waals surface area contributed by atoms with Crippen molar-refractivity contribution in [2.75, 3.05) is 18.6 Å². The van der Waals surface area contributed by atoms with Crippen molar-refractivity contribution in [1.82, 2.24) is 0 Å². The third-order valence-corrected chi connectivity index (χ3v) is 5.33. The van der Waals surface area contributed by atoms with E-state index in [1.54, 1.807) is 36.4 Å². The molecular weight excluding hydrogens is 406 g/mol. The lowest BCUT2D eigenvalue weighted by atomic mass is 10.1. The van der Waals surface area contributed by atoms with Crippen LogP contribution in [0, 0.1) is 0 Å². The number of carboxylic acid groups (broad SMARTS) is 1. The molecule has 1 fully saturated rings. The Morgan fingerprint density at radius 1 is 1.13 bits per heavy atom. The first-order chi connectivity index (χ1) is 14.4. The molecule has 30 heavy (non-hydrogen) atoms. The number of anilines is 1. The number of carboxylic acids is 1. The van der Waals surface area contributed by atoms with Crippen LogP contribution < -0.4 is 14.4 Å². The number of carbonyl (C=O) groups is 3. The number of aryl methyl sites for hydroxylation is 1. The molecule has 1 aliphatic heterocycles. The Bertz CT molecular complexity index is 999. The van der Waals surface area contributed by atoms with Gasteiger partial charge in [0.2, 0.25) is 0 Å². The van der Waals surface area contributed by atoms with E-state index in [1.165, 1.54) is 7.11 Å². The van der Waals surface area contributed by atoms with Gasteiger partial charge in [-0.25, -0.2) is 4.90 Å². The van der Waals surface area contributed by atoms with Crippen molar-refractivity contribution in [2.24, 2.45) is 0 Å². The second-order valence-corrected chi connectivity index (χ2v) is 7.43. The summed E-state index contributed by atoms with van der Waals surface area (Å²) in [4.78, 5) is 37.3. The van der Waals surface area contributed by atoms with Crippen molar-refractivity contribution in [3.05, 3.63) is 58.5 Å². The summed E-state index contributed by atoms with van der Waals surface area (Å²) in [5.74, 6) is -0.524. The molecule has 0 saturated carbocycles. The maximum atomic E-state index is 12.8. The molecule has 0 bridgehead atoms. The highest BCUT2D eigenvalue weighted by atomic mass is 32.2. The zero-order valence-electron chi connectivity index (χ0n) is 16.6. The van der Waals surface area contributed by atoms with Crippen LogP contribution in [0.1, 0.15) is 24.5 Å². The predicted molar refractivity (Wildman–Crippen MR) is 115 cm³/mol. The van der Waals surface area contributed by atoms with Gasteiger partial charge in [0.15, 0.2) is 11.5 Å². The van der Waals surface area contributed by atoms with Gasteiger partial charge in [-0.2, -0.15) is 0 Å². The van der Waals surface area contributed by atoms with Crippen LogP contribution in [0.25, 0.3) is 6.08 Å². The van der Waals surface area contributed by atoms with Crippen LogP contribution >= 0.6 is 11.8 Å². The molecule has 0 radical (unpaired) electrons. The number of imide groups is 1. The lowest BCUT2D eigenvalue weighted by Gasteiger charge is -2.13. The lowest BCUT2D eigenvalue weighted by Crippen LogP contribution is -2.27. The zero-order valence-corrected chi connectivity index (χ0v) is 17.4. The second kappa shape index (κ2) is 9.49. The quantitative estimate of drug-likeness (QED) is 0.626. The van der Waals surface area contributed by atoms with Gasteiger partial charge in [0.1, 0.15) is 0 Å². The largest absolute Gasteiger partial charge is 0.493 e. The maximum Gasteiger partial charge on any atom is 0.306 e. The highest BCUT2D eigenvalue weighted by Gasteiger charge is 2.36. The molecule has 1 aliphatic rings. The first kappa shape index (κ1) is 21.4. The van der Waals surface area contributed by atoms with Gasteiger partial charge >= 0.3 is 5.97 Å². The third-order valence-electron chi connectivity index (χ3n) is 4.46. The van der Waals surface area contributed by atoms with Gasteiger partial charge in [-0.3, -0.25) is 14.4 Å². The summed E-state index contributed by atoms with van der Waals surface area (Å²) in [6.07, 6.45) is 2.37. The Labute approximate surface area is 178 Å². The lowest BCUT2D eigenvalue weighted by molar-refractivity contribution is -0.137. The van der Waals surface area contributed by atoms with Gasteiger partial charge in [-0.1, -0.05) is 25.1 Å². The molecule has 1 N–H and O–H groups in total. The topological polar surface area (TPSA) is 93.1 Å². The summed E-state index contributed by atoms with van der Waals surface area (Å²) >= 11 is 0.877. The minimum Gasteiger partial charge on any atom is -0.493 e. The van der Waals surface area contributed by atoms with Gasteiger partial charge in [-0.05, 0) is 59.7 Å². The number of thioether (sulfide) groups is 1. The molecule has 0 spiro atoms. The molecule has 8 heteroatoms. The first-order valence-electron chi connectivity index (χ1n) is 9.32. The van der Waals surface area contributed by atoms with E-state index < -0.39 is 5.97 Å². The molecular formula is C22H21NO6S. The van der Waals surface area contributed by atoms with E-state index in [0.29, 0.717) is 27.7 Å². The van der Waals surface area contributed by atoms with E-state index in [9.17, 15) is 14.4 Å². The molecule has 1 heterocycles. The number of hydrogen-bond donors (Lipinski definition) is 1. The molecule has 0 unspecified atom stereocenters. The van der Waals surface area contributed by atoms with Crippen molar-refractivity contribution in [1.29, 1.82) is 0 Å². The monoisotopic (exact) mass is 427 g/mol. The minimum atomic E-state index is -0.953. The van der Waals surface area contributed by atoms with Crippen LogP contribution in [0.4, 0.5) is 10.5 Å². The summed E-state index contributed by atoms with van der Waals surface area (Å²) in [6.45, 7) is 2.05. The molecule has 1 saturated heterocycles. The van der Waals surface area contributed by atoms with E-state index in [4.69, 9.17) is 14.6 Å². The molecule has 0 aliphatic carbocycles. The predicted octanol–water partition coefficient (Wildman–Crippen LogP) is 4.35. The van der Waals surface area contributed by atoms with E-state index in [1.807, 2.05) is 19.1 Å². The summed E-state index contributed by atoms with van der Waals surface area (Å²) in [6, 6.07) is 12.4. The number of aliphatic carboxylic acids is 1. The number of benzene rings is 2. The van der Waals surface area contributed by atoms with Crippen molar-refractivity contribution >= 4 is 40.6 Å². The Hall–Kier alpha value is -3.26. The molecule has 2 aromatic carbocycles. The van der Waals surface area contributed by atoms with Crippen molar-refractivity contribution in [2.45, 2.75) is 19.8 Å². The fraction of sp³-hybridized carbons (Fsp3) is 0.227. The zero-order chi connectivity index (χ0) is 21.7. The fourth-order valence-corrected chi connectivity index (χ4v) is 3.71. The van der Waals surface area contributed by atoms with Gasteiger partial charge in [-0.15, -0.1) is 0 Å². The van der Waals surface area contributed by atoms with E-state index in [2.05, 4.69) is 0 Å². The SMILES string of the molecule is CCc1ccc(N2C(=O)S/C(=C/c3ccc(OCCC(=O)O)c(OC)c3)C2=O)cc1. The number of nitrogens with zero attached hydrogens (tertiary/aromatic N) is 1. The van der Waals surface area contributed by atoms with Crippen LogP contribution in [0.5, 0.6) is 11.5 Å². The van der Waals surface area contributed by atoms with Crippen LogP contribution in [0.2, 0.25) is 0 Å². The van der Waals surface area contributed by atoms with Gasteiger partial charge in [0.05, 0.1) is 30.7 Å². The Balaban J connectivity index is 1.79. The van der Waals surface area contributed by atoms with Gasteiger partial charge < -0.3 is 14.6 Å². The molecule has 3 rings (SSSR count). The molecule has 2 amide bonds. The van der Waals surface area contributed by atoms with Crippen molar-refractivity contribution < 1.29 is 29.0 Å². The van der Waals surface area contributed by atoms with Crippen molar-refractivity contribution in [3.8, 4) is 11.5 Å². The molecule has 0 atom stereocenters. The average Bonchev–Trinajstić information content (AvgIpc) is 3.01.